The van der Waals surface area contributed by atoms with Crippen LogP contribution in [0.5, 0.6) is 0 Å². The Labute approximate surface area is 131 Å². The van der Waals surface area contributed by atoms with Crippen molar-refractivity contribution >= 4 is 29.0 Å². The number of aryl methyl sites for hydroxylation is 1. The topological polar surface area (TPSA) is 51.1 Å². The van der Waals surface area contributed by atoms with Gasteiger partial charge in [0.25, 0.3) is 11.1 Å². The van der Waals surface area contributed by atoms with Crippen molar-refractivity contribution in [3.8, 4) is 5.69 Å². The fraction of sp³-hybridized carbons (Fsp3) is 0.125. The number of amides is 2. The first kappa shape index (κ1) is 14.6. The van der Waals surface area contributed by atoms with Gasteiger partial charge in [0.1, 0.15) is 5.82 Å². The minimum Gasteiger partial charge on any atom is -0.318 e. The molecule has 2 heterocycles. The lowest BCUT2D eigenvalue weighted by Gasteiger charge is -2.09. The number of rotatable bonds is 2. The smallest absolute Gasteiger partial charge is 0.290 e. The van der Waals surface area contributed by atoms with Crippen molar-refractivity contribution in [1.82, 2.24) is 9.88 Å². The average molecular weight is 316 g/mol. The predicted molar refractivity (Wildman–Crippen MR) is 84.3 cm³/mol. The van der Waals surface area contributed by atoms with Crippen molar-refractivity contribution in [2.24, 2.45) is 0 Å². The molecule has 0 radical (unpaired) electrons. The summed E-state index contributed by atoms with van der Waals surface area (Å²) in [6.07, 6.45) is 1.70. The molecule has 22 heavy (non-hydrogen) atoms. The van der Waals surface area contributed by atoms with Crippen molar-refractivity contribution in [2.75, 3.05) is 0 Å². The van der Waals surface area contributed by atoms with Gasteiger partial charge in [-0.05, 0) is 67.6 Å². The highest BCUT2D eigenvalue weighted by molar-refractivity contribution is 8.18. The number of thioether (sulfide) groups is 1. The lowest BCUT2D eigenvalue weighted by Crippen LogP contribution is -2.17. The third-order valence-corrected chi connectivity index (χ3v) is 4.29. The van der Waals surface area contributed by atoms with Gasteiger partial charge in [0, 0.05) is 17.1 Å². The minimum atomic E-state index is -0.374. The van der Waals surface area contributed by atoms with Crippen LogP contribution in [0.15, 0.2) is 35.2 Å². The number of aromatic nitrogens is 1. The van der Waals surface area contributed by atoms with Gasteiger partial charge in [0.05, 0.1) is 4.91 Å². The van der Waals surface area contributed by atoms with Crippen LogP contribution >= 0.6 is 11.8 Å². The maximum Gasteiger partial charge on any atom is 0.290 e. The first-order valence-corrected chi connectivity index (χ1v) is 7.47. The molecule has 0 aliphatic carbocycles. The van der Waals surface area contributed by atoms with Gasteiger partial charge >= 0.3 is 0 Å². The zero-order chi connectivity index (χ0) is 15.9. The largest absolute Gasteiger partial charge is 0.318 e. The van der Waals surface area contributed by atoms with Crippen LogP contribution in [0.4, 0.5) is 9.18 Å². The SMILES string of the molecule is Cc1cc(C=C2SC(=O)NC2=O)c(C)n1-c1ccc(F)cc1. The maximum absolute atomic E-state index is 13.1. The normalized spacial score (nSPS) is 16.4. The number of imide groups is 1. The Morgan fingerprint density at radius 1 is 1.18 bits per heavy atom. The van der Waals surface area contributed by atoms with E-state index in [9.17, 15) is 14.0 Å². The molecule has 1 saturated heterocycles. The molecule has 0 bridgehead atoms. The molecule has 0 spiro atoms. The molecule has 6 heteroatoms. The summed E-state index contributed by atoms with van der Waals surface area (Å²) in [6.45, 7) is 3.85. The number of benzene rings is 1. The van der Waals surface area contributed by atoms with Crippen LogP contribution in [0, 0.1) is 19.7 Å². The summed E-state index contributed by atoms with van der Waals surface area (Å²) in [6, 6.07) is 8.15. The molecule has 2 aromatic rings. The summed E-state index contributed by atoms with van der Waals surface area (Å²) < 4.78 is 15.0. The van der Waals surface area contributed by atoms with Crippen LogP contribution in [0.25, 0.3) is 11.8 Å². The molecule has 1 aliphatic rings. The molecule has 112 valence electrons. The average Bonchev–Trinajstić information content (AvgIpc) is 2.92. The Balaban J connectivity index is 2.04. The summed E-state index contributed by atoms with van der Waals surface area (Å²) in [5, 5.41) is 1.88. The van der Waals surface area contributed by atoms with Gasteiger partial charge in [0.15, 0.2) is 0 Å². The van der Waals surface area contributed by atoms with E-state index in [0.717, 1.165) is 34.4 Å². The molecule has 1 aromatic heterocycles. The van der Waals surface area contributed by atoms with Crippen molar-refractivity contribution < 1.29 is 14.0 Å². The lowest BCUT2D eigenvalue weighted by atomic mass is 10.2. The molecular formula is C16H13FN2O2S. The van der Waals surface area contributed by atoms with Crippen molar-refractivity contribution in [1.29, 1.82) is 0 Å². The molecular weight excluding hydrogens is 303 g/mol. The molecule has 1 aromatic carbocycles. The second kappa shape index (κ2) is 5.46. The van der Waals surface area contributed by atoms with Crippen LogP contribution < -0.4 is 5.32 Å². The first-order chi connectivity index (χ1) is 10.5. The molecule has 1 fully saturated rings. The van der Waals surface area contributed by atoms with Gasteiger partial charge in [0.2, 0.25) is 0 Å². The van der Waals surface area contributed by atoms with Gasteiger partial charge in [-0.25, -0.2) is 4.39 Å². The van der Waals surface area contributed by atoms with Gasteiger partial charge < -0.3 is 4.57 Å². The number of hydrogen-bond acceptors (Lipinski definition) is 3. The third-order valence-electron chi connectivity index (χ3n) is 3.48. The zero-order valence-electron chi connectivity index (χ0n) is 12.0. The Morgan fingerprint density at radius 2 is 1.86 bits per heavy atom. The van der Waals surface area contributed by atoms with Gasteiger partial charge in [-0.1, -0.05) is 0 Å². The van der Waals surface area contributed by atoms with Crippen LogP contribution in [-0.4, -0.2) is 15.7 Å². The maximum atomic E-state index is 13.1. The summed E-state index contributed by atoms with van der Waals surface area (Å²) in [7, 11) is 0. The fourth-order valence-corrected chi connectivity index (χ4v) is 3.16. The van der Waals surface area contributed by atoms with Crippen LogP contribution in [0.1, 0.15) is 17.0 Å². The summed E-state index contributed by atoms with van der Waals surface area (Å²) in [5.41, 5.74) is 3.59. The number of nitrogens with zero attached hydrogens (tertiary/aromatic N) is 1. The Kier molecular flexibility index (Phi) is 3.62. The Hall–Kier alpha value is -2.34. The molecule has 3 rings (SSSR count). The summed E-state index contributed by atoms with van der Waals surface area (Å²) in [4.78, 5) is 23.2. The van der Waals surface area contributed by atoms with E-state index >= 15 is 0 Å². The molecule has 0 unspecified atom stereocenters. The molecule has 2 amide bonds. The van der Waals surface area contributed by atoms with E-state index in [2.05, 4.69) is 5.32 Å². The molecule has 0 atom stereocenters. The van der Waals surface area contributed by atoms with Gasteiger partial charge in [-0.3, -0.25) is 14.9 Å². The van der Waals surface area contributed by atoms with E-state index in [4.69, 9.17) is 0 Å². The molecule has 1 aliphatic heterocycles. The first-order valence-electron chi connectivity index (χ1n) is 6.65. The number of nitrogens with one attached hydrogen (secondary N) is 1. The Morgan fingerprint density at radius 3 is 2.45 bits per heavy atom. The van der Waals surface area contributed by atoms with Crippen molar-refractivity contribution in [2.45, 2.75) is 13.8 Å². The van der Waals surface area contributed by atoms with Gasteiger partial charge in [-0.15, -0.1) is 0 Å². The number of hydrogen-bond donors (Lipinski definition) is 1. The summed E-state index contributed by atoms with van der Waals surface area (Å²) >= 11 is 0.893. The van der Waals surface area contributed by atoms with E-state index in [1.54, 1.807) is 18.2 Å². The van der Waals surface area contributed by atoms with E-state index in [-0.39, 0.29) is 17.0 Å². The highest BCUT2D eigenvalue weighted by Gasteiger charge is 2.25. The molecule has 4 nitrogen and oxygen atoms in total. The van der Waals surface area contributed by atoms with E-state index in [1.165, 1.54) is 12.1 Å². The zero-order valence-corrected chi connectivity index (χ0v) is 12.8. The second-order valence-electron chi connectivity index (χ2n) is 4.99. The predicted octanol–water partition coefficient (Wildman–Crippen LogP) is 3.56. The molecule has 0 saturated carbocycles. The van der Waals surface area contributed by atoms with E-state index in [0.29, 0.717) is 4.91 Å². The minimum absolute atomic E-state index is 0.286. The quantitative estimate of drug-likeness (QED) is 0.862. The fourth-order valence-electron chi connectivity index (χ4n) is 2.48. The Bertz CT molecular complexity index is 806. The molecule has 1 N–H and O–H groups in total. The van der Waals surface area contributed by atoms with Gasteiger partial charge in [-0.2, -0.15) is 0 Å². The highest BCUT2D eigenvalue weighted by Crippen LogP contribution is 2.29. The van der Waals surface area contributed by atoms with Crippen LogP contribution in [-0.2, 0) is 4.79 Å². The summed E-state index contributed by atoms with van der Waals surface area (Å²) in [5.74, 6) is -0.660. The third kappa shape index (κ3) is 2.57. The van der Waals surface area contributed by atoms with E-state index < -0.39 is 0 Å². The number of carbonyl (C=O) groups excluding carboxylic acids is 2. The van der Waals surface area contributed by atoms with Crippen molar-refractivity contribution in [3.63, 3.8) is 0 Å². The number of carbonyl (C=O) groups is 2. The monoisotopic (exact) mass is 316 g/mol. The standard InChI is InChI=1S/C16H13FN2O2S/c1-9-7-11(8-14-15(20)18-16(21)22-14)10(2)19(9)13-5-3-12(17)4-6-13/h3-8H,1-2H3,(H,18,20,21). The second-order valence-corrected chi connectivity index (χ2v) is 6.01. The van der Waals surface area contributed by atoms with Crippen molar-refractivity contribution in [3.05, 3.63) is 58.0 Å². The van der Waals surface area contributed by atoms with Crippen LogP contribution in [0.3, 0.4) is 0 Å². The van der Waals surface area contributed by atoms with E-state index in [1.807, 2.05) is 24.5 Å². The highest BCUT2D eigenvalue weighted by atomic mass is 32.2. The number of halogens is 1. The lowest BCUT2D eigenvalue weighted by molar-refractivity contribution is -0.115. The van der Waals surface area contributed by atoms with Crippen LogP contribution in [0.2, 0.25) is 0 Å².